The van der Waals surface area contributed by atoms with Gasteiger partial charge in [0.2, 0.25) is 0 Å². The van der Waals surface area contributed by atoms with E-state index in [-0.39, 0.29) is 18.8 Å². The van der Waals surface area contributed by atoms with E-state index in [0.717, 1.165) is 17.4 Å². The number of hydrogen-bond acceptors (Lipinski definition) is 6. The number of carbonyl (C=O) groups excluding carboxylic acids is 2. The first kappa shape index (κ1) is 18.7. The zero-order chi connectivity index (χ0) is 18.4. The third-order valence-electron chi connectivity index (χ3n) is 3.71. The van der Waals surface area contributed by atoms with Crippen LogP contribution in [0.5, 0.6) is 5.75 Å². The summed E-state index contributed by atoms with van der Waals surface area (Å²) in [5.74, 6) is -0.397. The standard InChI is InChI=1S/C19H22O6/c1-4-8-23-18(21)7-6-13-10-14-12(3)9-19(22)25-16(14)11-15(13)24-17(20)5-2/h9-11H,4-8H2,1-3H3. The Labute approximate surface area is 145 Å². The number of ether oxygens (including phenoxy) is 2. The summed E-state index contributed by atoms with van der Waals surface area (Å²) in [5.41, 5.74) is 1.34. The van der Waals surface area contributed by atoms with E-state index in [2.05, 4.69) is 0 Å². The molecule has 0 amide bonds. The first-order chi connectivity index (χ1) is 11.9. The van der Waals surface area contributed by atoms with Crippen LogP contribution in [0.1, 0.15) is 44.2 Å². The maximum Gasteiger partial charge on any atom is 0.336 e. The van der Waals surface area contributed by atoms with E-state index in [1.54, 1.807) is 19.9 Å². The molecule has 1 aromatic carbocycles. The SMILES string of the molecule is CCCOC(=O)CCc1cc2c(C)cc(=O)oc2cc1OC(=O)CC. The van der Waals surface area contributed by atoms with Gasteiger partial charge in [-0.15, -0.1) is 0 Å². The van der Waals surface area contributed by atoms with Gasteiger partial charge in [0.05, 0.1) is 6.61 Å². The predicted octanol–water partition coefficient (Wildman–Crippen LogP) is 3.30. The Morgan fingerprint density at radius 3 is 2.56 bits per heavy atom. The van der Waals surface area contributed by atoms with Gasteiger partial charge in [-0.2, -0.15) is 0 Å². The van der Waals surface area contributed by atoms with E-state index in [0.29, 0.717) is 29.9 Å². The molecule has 0 aliphatic rings. The summed E-state index contributed by atoms with van der Waals surface area (Å²) in [4.78, 5) is 35.0. The molecule has 0 aliphatic carbocycles. The first-order valence-electron chi connectivity index (χ1n) is 8.38. The van der Waals surface area contributed by atoms with Crippen LogP contribution < -0.4 is 10.4 Å². The Hall–Kier alpha value is -2.63. The molecule has 2 rings (SSSR count). The van der Waals surface area contributed by atoms with Gasteiger partial charge in [-0.05, 0) is 37.0 Å². The second kappa shape index (κ2) is 8.46. The largest absolute Gasteiger partial charge is 0.466 e. The number of fused-ring (bicyclic) bond motifs is 1. The average Bonchev–Trinajstić information content (AvgIpc) is 2.58. The molecule has 0 aliphatic heterocycles. The van der Waals surface area contributed by atoms with Crippen LogP contribution in [0.15, 0.2) is 27.4 Å². The van der Waals surface area contributed by atoms with E-state index < -0.39 is 11.6 Å². The number of hydrogen-bond donors (Lipinski definition) is 0. The van der Waals surface area contributed by atoms with Crippen molar-refractivity contribution in [3.8, 4) is 5.75 Å². The highest BCUT2D eigenvalue weighted by Crippen LogP contribution is 2.28. The van der Waals surface area contributed by atoms with Gasteiger partial charge >= 0.3 is 17.6 Å². The van der Waals surface area contributed by atoms with Crippen molar-refractivity contribution >= 4 is 22.9 Å². The molecule has 1 aromatic heterocycles. The molecule has 0 bridgehead atoms. The van der Waals surface area contributed by atoms with Crippen molar-refractivity contribution in [2.75, 3.05) is 6.61 Å². The highest BCUT2D eigenvalue weighted by Gasteiger charge is 2.14. The maximum atomic E-state index is 11.8. The number of rotatable bonds is 7. The normalized spacial score (nSPS) is 10.7. The quantitative estimate of drug-likeness (QED) is 0.434. The van der Waals surface area contributed by atoms with Crippen molar-refractivity contribution in [2.45, 2.75) is 46.5 Å². The first-order valence-corrected chi connectivity index (χ1v) is 8.38. The van der Waals surface area contributed by atoms with Crippen molar-refractivity contribution in [3.05, 3.63) is 39.7 Å². The van der Waals surface area contributed by atoms with Gasteiger partial charge in [0.25, 0.3) is 0 Å². The highest BCUT2D eigenvalue weighted by atomic mass is 16.5. The van der Waals surface area contributed by atoms with Crippen LogP contribution in [-0.2, 0) is 20.7 Å². The van der Waals surface area contributed by atoms with Crippen LogP contribution in [0.3, 0.4) is 0 Å². The Kier molecular flexibility index (Phi) is 6.33. The van der Waals surface area contributed by atoms with Crippen molar-refractivity contribution in [2.24, 2.45) is 0 Å². The number of benzene rings is 1. The molecular formula is C19H22O6. The van der Waals surface area contributed by atoms with Crippen LogP contribution in [0, 0.1) is 6.92 Å². The van der Waals surface area contributed by atoms with Gasteiger partial charge in [0.15, 0.2) is 0 Å². The minimum atomic E-state index is -0.464. The molecule has 25 heavy (non-hydrogen) atoms. The molecule has 0 spiro atoms. The minimum absolute atomic E-state index is 0.179. The maximum absolute atomic E-state index is 11.8. The van der Waals surface area contributed by atoms with Crippen LogP contribution in [0.2, 0.25) is 0 Å². The van der Waals surface area contributed by atoms with Crippen LogP contribution in [0.25, 0.3) is 11.0 Å². The predicted molar refractivity (Wildman–Crippen MR) is 92.7 cm³/mol. The molecule has 0 fully saturated rings. The molecule has 0 N–H and O–H groups in total. The zero-order valence-corrected chi connectivity index (χ0v) is 14.7. The summed E-state index contributed by atoms with van der Waals surface area (Å²) >= 11 is 0. The van der Waals surface area contributed by atoms with Gasteiger partial charge in [-0.25, -0.2) is 4.79 Å². The topological polar surface area (TPSA) is 82.8 Å². The molecule has 6 heteroatoms. The molecule has 1 heterocycles. The Morgan fingerprint density at radius 1 is 1.12 bits per heavy atom. The van der Waals surface area contributed by atoms with Crippen molar-refractivity contribution in [1.29, 1.82) is 0 Å². The molecule has 0 unspecified atom stereocenters. The average molecular weight is 346 g/mol. The van der Waals surface area contributed by atoms with Gasteiger partial charge in [0.1, 0.15) is 11.3 Å². The Morgan fingerprint density at radius 2 is 1.88 bits per heavy atom. The van der Waals surface area contributed by atoms with E-state index >= 15 is 0 Å². The van der Waals surface area contributed by atoms with Crippen molar-refractivity contribution < 1.29 is 23.5 Å². The lowest BCUT2D eigenvalue weighted by molar-refractivity contribution is -0.143. The molecule has 0 atom stereocenters. The Bertz CT molecular complexity index is 834. The van der Waals surface area contributed by atoms with Gasteiger partial charge in [-0.3, -0.25) is 9.59 Å². The van der Waals surface area contributed by atoms with Crippen LogP contribution >= 0.6 is 0 Å². The van der Waals surface area contributed by atoms with Gasteiger partial charge < -0.3 is 13.9 Å². The molecular weight excluding hydrogens is 324 g/mol. The fourth-order valence-corrected chi connectivity index (χ4v) is 2.40. The summed E-state index contributed by atoms with van der Waals surface area (Å²) in [6.45, 7) is 5.81. The van der Waals surface area contributed by atoms with Crippen LogP contribution in [-0.4, -0.2) is 18.5 Å². The highest BCUT2D eigenvalue weighted by molar-refractivity contribution is 5.84. The molecule has 0 radical (unpaired) electrons. The number of esters is 2. The molecule has 0 saturated carbocycles. The lowest BCUT2D eigenvalue weighted by Crippen LogP contribution is -2.10. The monoisotopic (exact) mass is 346 g/mol. The fraction of sp³-hybridized carbons (Fsp3) is 0.421. The lowest BCUT2D eigenvalue weighted by atomic mass is 10.0. The smallest absolute Gasteiger partial charge is 0.336 e. The summed E-state index contributed by atoms with van der Waals surface area (Å²) in [7, 11) is 0. The number of aryl methyl sites for hydroxylation is 2. The molecule has 0 saturated heterocycles. The second-order valence-electron chi connectivity index (χ2n) is 5.75. The number of carbonyl (C=O) groups is 2. The second-order valence-corrected chi connectivity index (χ2v) is 5.75. The molecule has 134 valence electrons. The van der Waals surface area contributed by atoms with E-state index in [1.807, 2.05) is 6.92 Å². The van der Waals surface area contributed by atoms with Gasteiger partial charge in [-0.1, -0.05) is 13.8 Å². The summed E-state index contributed by atoms with van der Waals surface area (Å²) in [6, 6.07) is 4.72. The summed E-state index contributed by atoms with van der Waals surface area (Å²) < 4.78 is 15.6. The summed E-state index contributed by atoms with van der Waals surface area (Å²) in [5, 5.41) is 0.743. The lowest BCUT2D eigenvalue weighted by Gasteiger charge is -2.12. The molecule has 2 aromatic rings. The van der Waals surface area contributed by atoms with E-state index in [1.165, 1.54) is 12.1 Å². The van der Waals surface area contributed by atoms with E-state index in [4.69, 9.17) is 13.9 Å². The summed E-state index contributed by atoms with van der Waals surface area (Å²) in [6.07, 6.45) is 1.52. The zero-order valence-electron chi connectivity index (χ0n) is 14.7. The van der Waals surface area contributed by atoms with Crippen molar-refractivity contribution in [3.63, 3.8) is 0 Å². The van der Waals surface area contributed by atoms with Gasteiger partial charge in [0, 0.05) is 30.4 Å². The Balaban J connectivity index is 2.36. The van der Waals surface area contributed by atoms with Crippen molar-refractivity contribution in [1.82, 2.24) is 0 Å². The molecule has 6 nitrogen and oxygen atoms in total. The van der Waals surface area contributed by atoms with E-state index in [9.17, 15) is 14.4 Å². The van der Waals surface area contributed by atoms with Crippen LogP contribution in [0.4, 0.5) is 0 Å². The third kappa shape index (κ3) is 4.92. The fourth-order valence-electron chi connectivity index (χ4n) is 2.40. The third-order valence-corrected chi connectivity index (χ3v) is 3.71. The minimum Gasteiger partial charge on any atom is -0.466 e.